The van der Waals surface area contributed by atoms with Gasteiger partial charge in [-0.2, -0.15) is 9.78 Å². The van der Waals surface area contributed by atoms with E-state index in [1.807, 2.05) is 31.2 Å². The second-order valence-corrected chi connectivity index (χ2v) is 7.99. The summed E-state index contributed by atoms with van der Waals surface area (Å²) in [6.07, 6.45) is 8.58. The van der Waals surface area contributed by atoms with Gasteiger partial charge in [0.05, 0.1) is 17.7 Å². The van der Waals surface area contributed by atoms with Gasteiger partial charge in [-0.1, -0.05) is 19.1 Å². The van der Waals surface area contributed by atoms with Crippen LogP contribution < -0.4 is 10.3 Å². The maximum Gasteiger partial charge on any atom is 0.282 e. The van der Waals surface area contributed by atoms with Crippen LogP contribution >= 0.6 is 11.3 Å². The van der Waals surface area contributed by atoms with Gasteiger partial charge in [0.1, 0.15) is 16.9 Å². The lowest BCUT2D eigenvalue weighted by atomic mass is 9.97. The maximum absolute atomic E-state index is 13.0. The minimum atomic E-state index is -0.0871. The lowest BCUT2D eigenvalue weighted by molar-refractivity contribution is 0.217. The van der Waals surface area contributed by atoms with Gasteiger partial charge in [-0.3, -0.25) is 4.79 Å². The van der Waals surface area contributed by atoms with Crippen molar-refractivity contribution in [3.63, 3.8) is 0 Å². The Bertz CT molecular complexity index is 1050. The van der Waals surface area contributed by atoms with Crippen molar-refractivity contribution < 1.29 is 4.74 Å². The number of aromatic nitrogens is 2. The minimum absolute atomic E-state index is 0.0871. The molecule has 0 saturated heterocycles. The van der Waals surface area contributed by atoms with E-state index in [1.165, 1.54) is 27.9 Å². The van der Waals surface area contributed by atoms with Gasteiger partial charge in [-0.05, 0) is 56.7 Å². The number of thiophene rings is 1. The van der Waals surface area contributed by atoms with E-state index in [9.17, 15) is 4.79 Å². The number of aryl methyl sites for hydroxylation is 2. The van der Waals surface area contributed by atoms with Crippen molar-refractivity contribution in [2.45, 2.75) is 52.1 Å². The van der Waals surface area contributed by atoms with Gasteiger partial charge in [0.15, 0.2) is 0 Å². The van der Waals surface area contributed by atoms with Gasteiger partial charge in [0.25, 0.3) is 5.56 Å². The van der Waals surface area contributed by atoms with E-state index in [2.05, 4.69) is 17.0 Å². The van der Waals surface area contributed by atoms with Crippen LogP contribution in [-0.4, -0.2) is 22.0 Å². The summed E-state index contributed by atoms with van der Waals surface area (Å²) >= 11 is 1.65. The Morgan fingerprint density at radius 2 is 2.15 bits per heavy atom. The Balaban J connectivity index is 1.70. The molecule has 2 heterocycles. The summed E-state index contributed by atoms with van der Waals surface area (Å²) in [5.41, 5.74) is 1.94. The molecule has 1 atom stereocenters. The monoisotopic (exact) mass is 381 g/mol. The molecule has 0 spiro atoms. The standard InChI is InChI=1S/C21H23N3O2S/c1-3-14(2)26-17-10-6-4-8-15(17)12-23-24-13-22-20-19(21(24)25)16-9-5-7-11-18(16)27-20/h4,6,8,10,12-14H,3,5,7,9,11H2,1-2H3/b23-12-/t14-/m1/s1. The van der Waals surface area contributed by atoms with Crippen LogP contribution in [0.3, 0.4) is 0 Å². The number of ether oxygens (including phenoxy) is 1. The number of fused-ring (bicyclic) bond motifs is 3. The van der Waals surface area contributed by atoms with Crippen molar-refractivity contribution in [1.29, 1.82) is 0 Å². The molecule has 5 nitrogen and oxygen atoms in total. The minimum Gasteiger partial charge on any atom is -0.490 e. The molecular formula is C21H23N3O2S. The summed E-state index contributed by atoms with van der Waals surface area (Å²) in [4.78, 5) is 19.6. The van der Waals surface area contributed by atoms with Crippen LogP contribution in [0.25, 0.3) is 10.2 Å². The highest BCUT2D eigenvalue weighted by Gasteiger charge is 2.19. The molecule has 1 aliphatic rings. The molecule has 1 aromatic carbocycles. The summed E-state index contributed by atoms with van der Waals surface area (Å²) in [5, 5.41) is 5.14. The highest BCUT2D eigenvalue weighted by atomic mass is 32.1. The lowest BCUT2D eigenvalue weighted by Gasteiger charge is -2.14. The van der Waals surface area contributed by atoms with E-state index in [-0.39, 0.29) is 11.7 Å². The zero-order valence-electron chi connectivity index (χ0n) is 15.6. The molecule has 0 bridgehead atoms. The molecule has 0 fully saturated rings. The molecule has 0 aliphatic heterocycles. The summed E-state index contributed by atoms with van der Waals surface area (Å²) < 4.78 is 7.29. The number of para-hydroxylation sites is 1. The normalized spacial score (nSPS) is 15.2. The summed E-state index contributed by atoms with van der Waals surface area (Å²) in [5.74, 6) is 0.769. The van der Waals surface area contributed by atoms with Crippen molar-refractivity contribution >= 4 is 27.8 Å². The van der Waals surface area contributed by atoms with Gasteiger partial charge >= 0.3 is 0 Å². The number of benzene rings is 1. The lowest BCUT2D eigenvalue weighted by Crippen LogP contribution is -2.18. The Morgan fingerprint density at radius 3 is 3.00 bits per heavy atom. The highest BCUT2D eigenvalue weighted by Crippen LogP contribution is 2.33. The summed E-state index contributed by atoms with van der Waals surface area (Å²) in [7, 11) is 0. The van der Waals surface area contributed by atoms with E-state index >= 15 is 0 Å². The van der Waals surface area contributed by atoms with Crippen LogP contribution in [0.2, 0.25) is 0 Å². The van der Waals surface area contributed by atoms with Crippen LogP contribution in [0.15, 0.2) is 40.5 Å². The first-order valence-corrected chi connectivity index (χ1v) is 10.3. The van der Waals surface area contributed by atoms with Gasteiger partial charge in [-0.15, -0.1) is 11.3 Å². The number of hydrogen-bond acceptors (Lipinski definition) is 5. The summed E-state index contributed by atoms with van der Waals surface area (Å²) in [6, 6.07) is 7.73. The second-order valence-electron chi connectivity index (χ2n) is 6.90. The third kappa shape index (κ3) is 3.54. The smallest absolute Gasteiger partial charge is 0.282 e. The summed E-state index contributed by atoms with van der Waals surface area (Å²) in [6.45, 7) is 4.12. The third-order valence-corrected chi connectivity index (χ3v) is 6.20. The van der Waals surface area contributed by atoms with Gasteiger partial charge in [0, 0.05) is 10.4 Å². The zero-order valence-corrected chi connectivity index (χ0v) is 16.5. The van der Waals surface area contributed by atoms with Crippen molar-refractivity contribution in [3.05, 3.63) is 57.0 Å². The highest BCUT2D eigenvalue weighted by molar-refractivity contribution is 7.18. The van der Waals surface area contributed by atoms with Crippen molar-refractivity contribution in [3.8, 4) is 5.75 Å². The second kappa shape index (κ2) is 7.64. The average Bonchev–Trinajstić information content (AvgIpc) is 3.07. The first-order valence-electron chi connectivity index (χ1n) is 9.49. The molecule has 0 saturated carbocycles. The van der Waals surface area contributed by atoms with Crippen LogP contribution in [0, 0.1) is 0 Å². The maximum atomic E-state index is 13.0. The van der Waals surface area contributed by atoms with Crippen LogP contribution in [0.4, 0.5) is 0 Å². The predicted octanol–water partition coefficient (Wildman–Crippen LogP) is 4.40. The fraction of sp³-hybridized carbons (Fsp3) is 0.381. The van der Waals surface area contributed by atoms with Gasteiger partial charge in [0.2, 0.25) is 0 Å². The van der Waals surface area contributed by atoms with Crippen molar-refractivity contribution in [2.24, 2.45) is 5.10 Å². The SMILES string of the molecule is CC[C@@H](C)Oc1ccccc1/C=N\n1cnc2sc3c(c2c1=O)CCCC3. The fourth-order valence-electron chi connectivity index (χ4n) is 3.34. The molecule has 3 aromatic rings. The van der Waals surface area contributed by atoms with E-state index in [4.69, 9.17) is 4.74 Å². The fourth-order valence-corrected chi connectivity index (χ4v) is 4.56. The van der Waals surface area contributed by atoms with Gasteiger partial charge in [-0.25, -0.2) is 4.98 Å². The van der Waals surface area contributed by atoms with Crippen molar-refractivity contribution in [2.75, 3.05) is 0 Å². The molecule has 0 amide bonds. The molecule has 0 unspecified atom stereocenters. The Hall–Kier alpha value is -2.47. The topological polar surface area (TPSA) is 56.5 Å². The Morgan fingerprint density at radius 1 is 1.33 bits per heavy atom. The number of hydrogen-bond donors (Lipinski definition) is 0. The van der Waals surface area contributed by atoms with Crippen LogP contribution in [0.1, 0.15) is 49.1 Å². The first kappa shape index (κ1) is 17.9. The Kier molecular flexibility index (Phi) is 5.07. The van der Waals surface area contributed by atoms with E-state index in [0.29, 0.717) is 0 Å². The molecule has 2 aromatic heterocycles. The van der Waals surface area contributed by atoms with E-state index < -0.39 is 0 Å². The molecule has 0 N–H and O–H groups in total. The zero-order chi connectivity index (χ0) is 18.8. The predicted molar refractivity (Wildman–Crippen MR) is 110 cm³/mol. The quantitative estimate of drug-likeness (QED) is 0.616. The van der Waals surface area contributed by atoms with Crippen LogP contribution in [0.5, 0.6) is 5.75 Å². The first-order chi connectivity index (χ1) is 13.2. The molecule has 6 heteroatoms. The van der Waals surface area contributed by atoms with Crippen molar-refractivity contribution in [1.82, 2.24) is 9.66 Å². The van der Waals surface area contributed by atoms with E-state index in [1.54, 1.807) is 17.6 Å². The molecule has 27 heavy (non-hydrogen) atoms. The van der Waals surface area contributed by atoms with Gasteiger partial charge < -0.3 is 4.74 Å². The number of rotatable bonds is 5. The molecule has 0 radical (unpaired) electrons. The average molecular weight is 382 g/mol. The van der Waals surface area contributed by atoms with Crippen LogP contribution in [-0.2, 0) is 12.8 Å². The van der Waals surface area contributed by atoms with E-state index in [0.717, 1.165) is 47.2 Å². The number of nitrogens with zero attached hydrogens (tertiary/aromatic N) is 3. The largest absolute Gasteiger partial charge is 0.490 e. The molecule has 140 valence electrons. The molecule has 4 rings (SSSR count). The molecule has 1 aliphatic carbocycles. The third-order valence-electron chi connectivity index (χ3n) is 5.00. The Labute approximate surface area is 162 Å². The molecular weight excluding hydrogens is 358 g/mol.